The normalized spacial score (nSPS) is 20.5. The lowest BCUT2D eigenvalue weighted by atomic mass is 9.82. The van der Waals surface area contributed by atoms with E-state index in [1.807, 2.05) is 109 Å². The molecule has 1 unspecified atom stereocenters. The van der Waals surface area contributed by atoms with Gasteiger partial charge < -0.3 is 19.5 Å². The van der Waals surface area contributed by atoms with Gasteiger partial charge in [0.15, 0.2) is 5.60 Å². The number of aryl methyl sites for hydroxylation is 1. The van der Waals surface area contributed by atoms with Gasteiger partial charge in [0.25, 0.3) is 17.5 Å². The molecule has 1 spiro atoms. The Morgan fingerprint density at radius 1 is 0.908 bits per heavy atom. The van der Waals surface area contributed by atoms with Crippen molar-refractivity contribution in [1.29, 1.82) is 0 Å². The first-order valence-corrected chi connectivity index (χ1v) is 25.0. The number of amides is 2. The second-order valence-corrected chi connectivity index (χ2v) is 22.5. The largest absolute Gasteiger partial charge is 0.497 e. The van der Waals surface area contributed by atoms with E-state index in [9.17, 15) is 20.0 Å². The first-order chi connectivity index (χ1) is 31.4. The van der Waals surface area contributed by atoms with Crippen molar-refractivity contribution in [1.82, 2.24) is 15.0 Å². The molecule has 328 valence electrons. The van der Waals surface area contributed by atoms with Crippen LogP contribution in [0.25, 0.3) is 10.8 Å². The van der Waals surface area contributed by atoms with Gasteiger partial charge in [-0.05, 0) is 70.9 Å². The molecule has 14 heteroatoms. The number of nitrogens with zero attached hydrogens (tertiary/aromatic N) is 6. The van der Waals surface area contributed by atoms with Crippen LogP contribution in [0, 0.1) is 16.0 Å². The van der Waals surface area contributed by atoms with Gasteiger partial charge in [0.2, 0.25) is 0 Å². The maximum Gasteiger partial charge on any atom is 0.269 e. The zero-order chi connectivity index (χ0) is 45.2. The average Bonchev–Trinajstić information content (AvgIpc) is 4.05. The highest BCUT2D eigenvalue weighted by atomic mass is 28.3. The van der Waals surface area contributed by atoms with Gasteiger partial charge >= 0.3 is 0 Å². The van der Waals surface area contributed by atoms with Gasteiger partial charge in [-0.3, -0.25) is 29.3 Å². The number of fused-ring (bicyclic) bond motifs is 2. The number of ether oxygens (including phenoxy) is 2. The molecule has 2 amide bonds. The Morgan fingerprint density at radius 3 is 2.35 bits per heavy atom. The number of aliphatic hydroxyl groups is 1. The van der Waals surface area contributed by atoms with Crippen LogP contribution in [0.1, 0.15) is 52.0 Å². The maximum absolute atomic E-state index is 15.5. The summed E-state index contributed by atoms with van der Waals surface area (Å²) in [6, 6.07) is 41.7. The molecular weight excluding hydrogens is 837 g/mol. The molecule has 5 atom stereocenters. The third-order valence-electron chi connectivity index (χ3n) is 14.1. The fourth-order valence-corrected chi connectivity index (χ4v) is 14.9. The van der Waals surface area contributed by atoms with Gasteiger partial charge in [0.1, 0.15) is 5.75 Å². The number of nitro groups is 1. The van der Waals surface area contributed by atoms with Crippen LogP contribution in [-0.4, -0.2) is 64.7 Å². The molecule has 65 heavy (non-hydrogen) atoms. The Kier molecular flexibility index (Phi) is 10.5. The summed E-state index contributed by atoms with van der Waals surface area (Å²) in [5, 5.41) is 34.8. The van der Waals surface area contributed by atoms with E-state index in [0.29, 0.717) is 41.2 Å². The summed E-state index contributed by atoms with van der Waals surface area (Å²) >= 11 is 0. The van der Waals surface area contributed by atoms with Crippen molar-refractivity contribution in [2.24, 2.45) is 5.92 Å². The molecule has 0 radical (unpaired) electrons. The number of nitro benzene ring substituents is 1. The van der Waals surface area contributed by atoms with Crippen LogP contribution in [0.4, 0.5) is 22.7 Å². The zero-order valence-corrected chi connectivity index (χ0v) is 37.5. The molecular formula is C51H48N6O7Si. The summed E-state index contributed by atoms with van der Waals surface area (Å²) < 4.78 is 14.6. The molecule has 6 aromatic carbocycles. The maximum atomic E-state index is 15.5. The quantitative estimate of drug-likeness (QED) is 0.0682. The van der Waals surface area contributed by atoms with Crippen LogP contribution in [0.15, 0.2) is 140 Å². The first kappa shape index (κ1) is 42.0. The van der Waals surface area contributed by atoms with E-state index in [-0.39, 0.29) is 42.1 Å². The second kappa shape index (κ2) is 16.2. The Bertz CT molecular complexity index is 2970. The number of benzene rings is 6. The number of aromatic nitrogens is 3. The topological polar surface area (TPSA) is 153 Å². The lowest BCUT2D eigenvalue weighted by Crippen LogP contribution is -2.51. The molecule has 0 aliphatic carbocycles. The molecule has 1 aromatic heterocycles. The lowest BCUT2D eigenvalue weighted by molar-refractivity contribution is -0.385. The van der Waals surface area contributed by atoms with Gasteiger partial charge in [0, 0.05) is 47.4 Å². The summed E-state index contributed by atoms with van der Waals surface area (Å²) in [6.07, 6.45) is 1.88. The predicted octanol–water partition coefficient (Wildman–Crippen LogP) is 8.62. The Labute approximate surface area is 377 Å². The fraction of sp³-hybridized carbons (Fsp3) is 0.255. The summed E-state index contributed by atoms with van der Waals surface area (Å²) in [6.45, 7) is 7.12. The highest BCUT2D eigenvalue weighted by Crippen LogP contribution is 2.60. The van der Waals surface area contributed by atoms with Gasteiger partial charge in [-0.1, -0.05) is 109 Å². The standard InChI is InChI=1S/C51H48N6O7Si/c1-32-48(65(3,4)39-23-21-38(63-2)22-24-39)46(26-27-54-30-43(52-53-54)41(31-58)34-10-6-5-7-11-34)64-51(32)42-28-37(57(61)62)20-25-44(42)55(50(51)60)29-33-16-18-36(19-17-33)56-45-15-9-13-35-12-8-14-40(47(35)45)49(56)59/h5-25,28,30,32,41,46,48,58H,26-27,29,31H2,1-4H3/t32-,41?,46+,48-,51+/m1/s1. The zero-order valence-electron chi connectivity index (χ0n) is 36.5. The number of aliphatic hydroxyl groups excluding tert-OH is 1. The molecule has 1 saturated heterocycles. The average molecular weight is 885 g/mol. The SMILES string of the molecule is COc1ccc([Si](C)(C)[C@H]2[C@H](CCn3cc(C(CO)c4ccccc4)nn3)O[C@@]3(C(=O)N(Cc4ccc(N5C(=O)c6cccc7cccc5c67)cc4)c4ccc([N+](=O)[O-])cc43)[C@@H]2C)cc1. The van der Waals surface area contributed by atoms with E-state index in [2.05, 4.69) is 42.5 Å². The van der Waals surface area contributed by atoms with Gasteiger partial charge in [-0.25, -0.2) is 0 Å². The number of hydrogen-bond donors (Lipinski definition) is 1. The van der Waals surface area contributed by atoms with E-state index >= 15 is 4.79 Å². The highest BCUT2D eigenvalue weighted by molar-refractivity contribution is 6.91. The molecule has 3 aliphatic rings. The second-order valence-electron chi connectivity index (χ2n) is 17.8. The van der Waals surface area contributed by atoms with Crippen molar-refractivity contribution in [2.75, 3.05) is 23.5 Å². The van der Waals surface area contributed by atoms with Crippen molar-refractivity contribution in [3.8, 4) is 5.75 Å². The third-order valence-corrected chi connectivity index (χ3v) is 18.4. The van der Waals surface area contributed by atoms with Gasteiger partial charge in [-0.15, -0.1) is 5.10 Å². The van der Waals surface area contributed by atoms with Crippen molar-refractivity contribution in [2.45, 2.75) is 62.7 Å². The van der Waals surface area contributed by atoms with Crippen LogP contribution in [-0.2, 0) is 28.2 Å². The number of methoxy groups -OCH3 is 1. The Morgan fingerprint density at radius 2 is 1.65 bits per heavy atom. The molecule has 0 saturated carbocycles. The summed E-state index contributed by atoms with van der Waals surface area (Å²) in [7, 11) is -0.909. The third kappa shape index (κ3) is 6.82. The number of non-ortho nitro benzene ring substituents is 1. The van der Waals surface area contributed by atoms with Crippen molar-refractivity contribution >= 4 is 58.6 Å². The van der Waals surface area contributed by atoms with Crippen LogP contribution < -0.4 is 19.7 Å². The number of hydrogen-bond acceptors (Lipinski definition) is 9. The molecule has 1 N–H and O–H groups in total. The minimum Gasteiger partial charge on any atom is -0.497 e. The van der Waals surface area contributed by atoms with Gasteiger partial charge in [0.05, 0.1) is 67.9 Å². The minimum atomic E-state index is -2.55. The summed E-state index contributed by atoms with van der Waals surface area (Å²) in [5.74, 6) is -0.368. The van der Waals surface area contributed by atoms with Gasteiger partial charge in [-0.2, -0.15) is 0 Å². The molecule has 4 heterocycles. The molecule has 7 aromatic rings. The smallest absolute Gasteiger partial charge is 0.269 e. The molecule has 3 aliphatic heterocycles. The van der Waals surface area contributed by atoms with E-state index in [1.165, 1.54) is 12.1 Å². The molecule has 0 bridgehead atoms. The number of carbonyl (C=O) groups excluding carboxylic acids is 2. The molecule has 13 nitrogen and oxygen atoms in total. The van der Waals surface area contributed by atoms with E-state index in [4.69, 9.17) is 9.47 Å². The van der Waals surface area contributed by atoms with Crippen LogP contribution in [0.2, 0.25) is 18.6 Å². The highest BCUT2D eigenvalue weighted by Gasteiger charge is 2.66. The monoisotopic (exact) mass is 884 g/mol. The van der Waals surface area contributed by atoms with E-state index in [0.717, 1.165) is 38.5 Å². The number of carbonyl (C=O) groups is 2. The van der Waals surface area contributed by atoms with Crippen molar-refractivity contribution in [3.05, 3.63) is 178 Å². The van der Waals surface area contributed by atoms with Crippen LogP contribution in [0.3, 0.4) is 0 Å². The number of anilines is 3. The Balaban J connectivity index is 0.993. The molecule has 10 rings (SSSR count). The van der Waals surface area contributed by atoms with Crippen LogP contribution >= 0.6 is 0 Å². The molecule has 1 fully saturated rings. The van der Waals surface area contributed by atoms with E-state index < -0.39 is 30.6 Å². The Hall–Kier alpha value is -7.00. The van der Waals surface area contributed by atoms with Crippen molar-refractivity contribution in [3.63, 3.8) is 0 Å². The predicted molar refractivity (Wildman–Crippen MR) is 251 cm³/mol. The summed E-state index contributed by atoms with van der Waals surface area (Å²) in [4.78, 5) is 44.6. The summed E-state index contributed by atoms with van der Waals surface area (Å²) in [5.41, 5.74) is 3.85. The number of rotatable bonds is 13. The van der Waals surface area contributed by atoms with Crippen molar-refractivity contribution < 1.29 is 29.1 Å². The first-order valence-electron chi connectivity index (χ1n) is 21.9. The minimum absolute atomic E-state index is 0.0971. The fourth-order valence-electron chi connectivity index (χ4n) is 10.8. The lowest BCUT2D eigenvalue weighted by Gasteiger charge is -2.37. The van der Waals surface area contributed by atoms with Crippen LogP contribution in [0.5, 0.6) is 5.75 Å². The van der Waals surface area contributed by atoms with E-state index in [1.54, 1.807) is 27.7 Å².